The minimum Gasteiger partial charge on any atom is -0.489 e. The topological polar surface area (TPSA) is 179 Å². The van der Waals surface area contributed by atoms with Crippen LogP contribution in [0.15, 0.2) is 146 Å². The number of para-hydroxylation sites is 1. The van der Waals surface area contributed by atoms with Crippen LogP contribution in [0, 0.1) is 0 Å². The lowest BCUT2D eigenvalue weighted by Crippen LogP contribution is -2.21. The second kappa shape index (κ2) is 20.9. The largest absolute Gasteiger partial charge is 0.489 e. The molecule has 0 unspecified atom stereocenters. The first kappa shape index (κ1) is 48.0. The molecule has 9 aromatic rings. The highest BCUT2D eigenvalue weighted by molar-refractivity contribution is 6.23. The van der Waals surface area contributed by atoms with Crippen LogP contribution >= 0.6 is 0 Å². The summed E-state index contributed by atoms with van der Waals surface area (Å²) in [4.78, 5) is 44.6. The maximum absolute atomic E-state index is 13.7. The van der Waals surface area contributed by atoms with Gasteiger partial charge in [0.1, 0.15) is 40.4 Å². The Morgan fingerprint density at radius 1 is 0.577 bits per heavy atom. The van der Waals surface area contributed by atoms with Crippen molar-refractivity contribution in [2.24, 2.45) is 0 Å². The van der Waals surface area contributed by atoms with Crippen molar-refractivity contribution >= 4 is 83.6 Å². The number of ketones is 1. The fraction of sp³-hybridized carbons (Fsp3) is 0.211. The minimum absolute atomic E-state index is 0.157. The lowest BCUT2D eigenvalue weighted by molar-refractivity contribution is 0.0994. The van der Waals surface area contributed by atoms with E-state index in [4.69, 9.17) is 18.3 Å². The number of likely N-dealkylation sites (N-methyl/N-ethyl adjacent to an activating group) is 2. The number of aliphatic hydroxyl groups is 2. The van der Waals surface area contributed by atoms with Crippen molar-refractivity contribution in [1.29, 1.82) is 0 Å². The van der Waals surface area contributed by atoms with Gasteiger partial charge in [0.05, 0.1) is 34.8 Å². The Morgan fingerprint density at radius 2 is 1.14 bits per heavy atom. The summed E-state index contributed by atoms with van der Waals surface area (Å²) in [5.74, 6) is 0.957. The van der Waals surface area contributed by atoms with Crippen molar-refractivity contribution in [3.05, 3.63) is 175 Å². The molecule has 14 nitrogen and oxygen atoms in total. The molecule has 0 spiro atoms. The van der Waals surface area contributed by atoms with E-state index in [2.05, 4.69) is 20.9 Å². The molecule has 10 rings (SSSR count). The molecular formula is C57H55N5O9. The van der Waals surface area contributed by atoms with Crippen molar-refractivity contribution in [2.45, 2.75) is 19.8 Å². The molecule has 0 atom stereocenters. The van der Waals surface area contributed by atoms with Crippen LogP contribution < -0.4 is 36.3 Å². The normalized spacial score (nSPS) is 12.2. The summed E-state index contributed by atoms with van der Waals surface area (Å²) < 4.78 is 24.2. The summed E-state index contributed by atoms with van der Waals surface area (Å²) in [6, 6.07) is 36.9. The SMILES string of the molecule is CN(C)CCNc1ccc(CO)c2oc3ccc(OC4=Cc5ccc6ccccc6c5C4=O)cc3c(=O)c12.CNc1ccccc1COc1ccc2oc3c(CO)ccc(NCCN(C)C)c3c(=O)c2c1. The molecule has 0 aliphatic heterocycles. The van der Waals surface area contributed by atoms with Crippen molar-refractivity contribution in [2.75, 3.05) is 77.4 Å². The maximum atomic E-state index is 13.7. The standard InChI is InChI=1S/C31H26N2O5.C26H29N3O4/c1-33(2)14-13-32-24-11-9-20(17-34)31-28(24)29(35)23-16-21(10-12-25(23)38-31)37-26-15-19-8-7-18-5-3-4-6-22(18)27(19)30(26)36;1-27-21-7-5-4-6-18(21)16-32-19-9-11-23-20(14-19)25(31)24-22(28-12-13-29(2)3)10-8-17(15-30)26(24)33-23/h3-12,15-16,32,34H,13-14,17H2,1-2H3;4-11,14,27-28,30H,12-13,15-16H2,1-3H3. The predicted octanol–water partition coefficient (Wildman–Crippen LogP) is 9.21. The number of aliphatic hydroxyl groups excluding tert-OH is 2. The van der Waals surface area contributed by atoms with E-state index in [0.717, 1.165) is 40.7 Å². The van der Waals surface area contributed by atoms with E-state index in [1.54, 1.807) is 60.7 Å². The van der Waals surface area contributed by atoms with E-state index >= 15 is 0 Å². The van der Waals surface area contributed by atoms with Crippen molar-refractivity contribution in [1.82, 2.24) is 9.80 Å². The van der Waals surface area contributed by atoms with Crippen LogP contribution in [0.1, 0.15) is 32.6 Å². The quantitative estimate of drug-likeness (QED) is 0.0579. The molecule has 0 saturated carbocycles. The lowest BCUT2D eigenvalue weighted by atomic mass is 10.00. The lowest BCUT2D eigenvalue weighted by Gasteiger charge is -2.15. The zero-order valence-electron chi connectivity index (χ0n) is 40.2. The number of allylic oxidation sites excluding steroid dienone is 1. The van der Waals surface area contributed by atoms with Gasteiger partial charge in [0.25, 0.3) is 0 Å². The molecule has 2 aromatic heterocycles. The number of hydrogen-bond acceptors (Lipinski definition) is 14. The van der Waals surface area contributed by atoms with Crippen LogP contribution in [0.2, 0.25) is 0 Å². The number of Topliss-reactive ketones (excluding diaryl/α,β-unsaturated/α-hetero) is 1. The van der Waals surface area contributed by atoms with Crippen LogP contribution in [0.25, 0.3) is 60.7 Å². The molecule has 14 heteroatoms. The van der Waals surface area contributed by atoms with Crippen LogP contribution in [0.4, 0.5) is 17.1 Å². The highest BCUT2D eigenvalue weighted by Crippen LogP contribution is 2.35. The molecule has 0 bridgehead atoms. The van der Waals surface area contributed by atoms with Gasteiger partial charge in [0, 0.05) is 72.5 Å². The summed E-state index contributed by atoms with van der Waals surface area (Å²) in [7, 11) is 9.81. The summed E-state index contributed by atoms with van der Waals surface area (Å²) >= 11 is 0. The monoisotopic (exact) mass is 953 g/mol. The number of carbonyl (C=O) groups is 1. The summed E-state index contributed by atoms with van der Waals surface area (Å²) in [6.07, 6.45) is 1.73. The highest BCUT2D eigenvalue weighted by atomic mass is 16.5. The molecule has 0 fully saturated rings. The number of nitrogens with one attached hydrogen (secondary N) is 3. The van der Waals surface area contributed by atoms with E-state index in [0.29, 0.717) is 103 Å². The Morgan fingerprint density at radius 3 is 1.73 bits per heavy atom. The maximum Gasteiger partial charge on any atom is 0.229 e. The smallest absolute Gasteiger partial charge is 0.229 e. The molecule has 5 N–H and O–H groups in total. The number of benzene rings is 7. The average Bonchev–Trinajstić information content (AvgIpc) is 3.70. The molecule has 71 heavy (non-hydrogen) atoms. The molecule has 7 aromatic carbocycles. The van der Waals surface area contributed by atoms with Crippen LogP contribution in [0.3, 0.4) is 0 Å². The molecule has 362 valence electrons. The number of fused-ring (bicyclic) bond motifs is 7. The van der Waals surface area contributed by atoms with E-state index in [1.807, 2.05) is 107 Å². The van der Waals surface area contributed by atoms with Gasteiger partial charge in [-0.05, 0) is 105 Å². The third kappa shape index (κ3) is 9.92. The van der Waals surface area contributed by atoms with Crippen LogP contribution in [0.5, 0.6) is 11.5 Å². The predicted molar refractivity (Wildman–Crippen MR) is 283 cm³/mol. The van der Waals surface area contributed by atoms with Crippen LogP contribution in [-0.2, 0) is 19.8 Å². The van der Waals surface area contributed by atoms with Crippen molar-refractivity contribution in [3.8, 4) is 11.5 Å². The Labute approximate surface area is 409 Å². The second-order valence-electron chi connectivity index (χ2n) is 17.8. The Kier molecular flexibility index (Phi) is 14.2. The van der Waals surface area contributed by atoms with Gasteiger partial charge >= 0.3 is 0 Å². The fourth-order valence-electron chi connectivity index (χ4n) is 8.75. The zero-order chi connectivity index (χ0) is 49.8. The van der Waals surface area contributed by atoms with Gasteiger partial charge in [-0.3, -0.25) is 14.4 Å². The van der Waals surface area contributed by atoms with Gasteiger partial charge in [-0.1, -0.05) is 66.7 Å². The third-order valence-corrected chi connectivity index (χ3v) is 12.4. The third-order valence-electron chi connectivity index (χ3n) is 12.4. The van der Waals surface area contributed by atoms with E-state index in [1.165, 1.54) is 0 Å². The van der Waals surface area contributed by atoms with E-state index in [-0.39, 0.29) is 35.6 Å². The van der Waals surface area contributed by atoms with Gasteiger partial charge in [-0.2, -0.15) is 0 Å². The van der Waals surface area contributed by atoms with Gasteiger partial charge in [-0.15, -0.1) is 0 Å². The Balaban J connectivity index is 0.000000178. The van der Waals surface area contributed by atoms with E-state index < -0.39 is 0 Å². The fourth-order valence-corrected chi connectivity index (χ4v) is 8.75. The number of nitrogens with zero attached hydrogens (tertiary/aromatic N) is 2. The van der Waals surface area contributed by atoms with Crippen LogP contribution in [-0.4, -0.2) is 87.2 Å². The van der Waals surface area contributed by atoms with Crippen molar-refractivity contribution < 1.29 is 33.3 Å². The van der Waals surface area contributed by atoms with Crippen molar-refractivity contribution in [3.63, 3.8) is 0 Å². The highest BCUT2D eigenvalue weighted by Gasteiger charge is 2.27. The van der Waals surface area contributed by atoms with E-state index in [9.17, 15) is 24.6 Å². The van der Waals surface area contributed by atoms with Gasteiger partial charge in [0.2, 0.25) is 16.6 Å². The second-order valence-corrected chi connectivity index (χ2v) is 17.8. The first-order chi connectivity index (χ1) is 34.5. The number of ether oxygens (including phenoxy) is 2. The number of anilines is 3. The molecular weight excluding hydrogens is 899 g/mol. The molecule has 2 heterocycles. The number of hydrogen-bond donors (Lipinski definition) is 5. The molecule has 1 aliphatic carbocycles. The molecule has 0 amide bonds. The van der Waals surface area contributed by atoms with Gasteiger partial charge in [-0.25, -0.2) is 0 Å². The molecule has 0 saturated heterocycles. The number of rotatable bonds is 16. The van der Waals surface area contributed by atoms with Gasteiger partial charge < -0.3 is 54.3 Å². The minimum atomic E-state index is -0.254. The Hall–Kier alpha value is -8.01. The molecule has 0 radical (unpaired) electrons. The summed E-state index contributed by atoms with van der Waals surface area (Å²) in [6.45, 7) is 2.80. The van der Waals surface area contributed by atoms with Gasteiger partial charge in [0.15, 0.2) is 5.76 Å². The number of carbonyl (C=O) groups excluding carboxylic acids is 1. The zero-order valence-corrected chi connectivity index (χ0v) is 40.2. The summed E-state index contributed by atoms with van der Waals surface area (Å²) in [5.41, 5.74) is 7.05. The average molecular weight is 954 g/mol. The Bertz CT molecular complexity index is 3640. The first-order valence-electron chi connectivity index (χ1n) is 23.3. The first-order valence-corrected chi connectivity index (χ1v) is 23.3. The summed E-state index contributed by atoms with van der Waals surface area (Å²) in [5, 5.41) is 32.9. The molecule has 1 aliphatic rings.